The van der Waals surface area contributed by atoms with Crippen molar-refractivity contribution in [2.24, 2.45) is 5.92 Å². The van der Waals surface area contributed by atoms with Crippen molar-refractivity contribution in [3.8, 4) is 0 Å². The van der Waals surface area contributed by atoms with Crippen LogP contribution in [0.15, 0.2) is 12.3 Å². The minimum Gasteiger partial charge on any atom is -0.396 e. The first-order chi connectivity index (χ1) is 7.33. The van der Waals surface area contributed by atoms with Crippen LogP contribution in [0, 0.1) is 5.92 Å². The summed E-state index contributed by atoms with van der Waals surface area (Å²) < 4.78 is 2.03. The predicted molar refractivity (Wildman–Crippen MR) is 58.4 cm³/mol. The molecule has 4 nitrogen and oxygen atoms in total. The third-order valence-electron chi connectivity index (χ3n) is 3.12. The molecule has 1 aliphatic rings. The molecule has 0 saturated carbocycles. The Labute approximate surface area is 90.5 Å². The van der Waals surface area contributed by atoms with E-state index in [1.807, 2.05) is 10.9 Å². The lowest BCUT2D eigenvalue weighted by Gasteiger charge is -2.15. The van der Waals surface area contributed by atoms with Crippen LogP contribution in [-0.2, 0) is 13.1 Å². The molecule has 15 heavy (non-hydrogen) atoms. The Balaban J connectivity index is 1.92. The van der Waals surface area contributed by atoms with Crippen LogP contribution in [0.2, 0.25) is 0 Å². The lowest BCUT2D eigenvalue weighted by Crippen LogP contribution is -2.22. The summed E-state index contributed by atoms with van der Waals surface area (Å²) in [6.07, 6.45) is 2.98. The fraction of sp³-hybridized carbons (Fsp3) is 0.727. The summed E-state index contributed by atoms with van der Waals surface area (Å²) in [5.74, 6) is 0.475. The summed E-state index contributed by atoms with van der Waals surface area (Å²) in [4.78, 5) is 2.39. The highest BCUT2D eigenvalue weighted by molar-refractivity contribution is 5.00. The molecule has 4 heteroatoms. The lowest BCUT2D eigenvalue weighted by atomic mass is 10.1. The highest BCUT2D eigenvalue weighted by Crippen LogP contribution is 2.17. The lowest BCUT2D eigenvalue weighted by molar-refractivity contribution is 0.219. The van der Waals surface area contributed by atoms with Crippen molar-refractivity contribution >= 4 is 0 Å². The summed E-state index contributed by atoms with van der Waals surface area (Å²) in [6.45, 7) is 6.44. The van der Waals surface area contributed by atoms with E-state index in [0.29, 0.717) is 12.5 Å². The van der Waals surface area contributed by atoms with E-state index in [1.165, 1.54) is 5.69 Å². The molecule has 1 atom stereocenters. The minimum atomic E-state index is 0.323. The fourth-order valence-electron chi connectivity index (χ4n) is 2.21. The Kier molecular flexibility index (Phi) is 3.38. The number of rotatable bonds is 4. The quantitative estimate of drug-likeness (QED) is 0.794. The molecule has 0 spiro atoms. The molecular formula is C11H19N3O. The largest absolute Gasteiger partial charge is 0.396 e. The molecule has 0 aromatic carbocycles. The fourth-order valence-corrected chi connectivity index (χ4v) is 2.21. The van der Waals surface area contributed by atoms with E-state index in [2.05, 4.69) is 23.0 Å². The standard InChI is InChI=1S/C11H19N3O/c1-2-14-11(3-5-12-14)8-13-6-4-10(7-13)9-15/h3,5,10,15H,2,4,6-9H2,1H3. The van der Waals surface area contributed by atoms with Gasteiger partial charge in [0.25, 0.3) is 0 Å². The van der Waals surface area contributed by atoms with E-state index in [4.69, 9.17) is 5.11 Å². The number of aliphatic hydroxyl groups is 1. The van der Waals surface area contributed by atoms with Gasteiger partial charge in [0, 0.05) is 32.4 Å². The molecule has 2 rings (SSSR count). The summed E-state index contributed by atoms with van der Waals surface area (Å²) >= 11 is 0. The molecule has 1 aromatic heterocycles. The number of aromatic nitrogens is 2. The van der Waals surface area contributed by atoms with Crippen LogP contribution in [0.5, 0.6) is 0 Å². The maximum atomic E-state index is 9.07. The molecule has 2 heterocycles. The van der Waals surface area contributed by atoms with Gasteiger partial charge in [0.1, 0.15) is 0 Å². The number of aryl methyl sites for hydroxylation is 1. The normalized spacial score (nSPS) is 22.4. The minimum absolute atomic E-state index is 0.323. The van der Waals surface area contributed by atoms with Gasteiger partial charge in [0.05, 0.1) is 5.69 Å². The van der Waals surface area contributed by atoms with Crippen LogP contribution in [-0.4, -0.2) is 39.5 Å². The van der Waals surface area contributed by atoms with Crippen molar-refractivity contribution in [2.75, 3.05) is 19.7 Å². The van der Waals surface area contributed by atoms with Crippen LogP contribution in [0.1, 0.15) is 19.0 Å². The topological polar surface area (TPSA) is 41.3 Å². The number of hydrogen-bond acceptors (Lipinski definition) is 3. The molecule has 84 valence electrons. The third kappa shape index (κ3) is 2.38. The van der Waals surface area contributed by atoms with Crippen LogP contribution in [0.25, 0.3) is 0 Å². The van der Waals surface area contributed by atoms with Crippen LogP contribution >= 0.6 is 0 Å². The Morgan fingerprint density at radius 1 is 1.60 bits per heavy atom. The molecular weight excluding hydrogens is 190 g/mol. The van der Waals surface area contributed by atoms with Crippen molar-refractivity contribution in [1.82, 2.24) is 14.7 Å². The van der Waals surface area contributed by atoms with E-state index >= 15 is 0 Å². The van der Waals surface area contributed by atoms with Gasteiger partial charge in [-0.25, -0.2) is 0 Å². The first-order valence-electron chi connectivity index (χ1n) is 5.67. The molecule has 0 radical (unpaired) electrons. The van der Waals surface area contributed by atoms with Gasteiger partial charge in [-0.05, 0) is 31.9 Å². The number of hydrogen-bond donors (Lipinski definition) is 1. The second-order valence-corrected chi connectivity index (χ2v) is 4.21. The number of aliphatic hydroxyl groups excluding tert-OH is 1. The van der Waals surface area contributed by atoms with Crippen molar-refractivity contribution in [3.63, 3.8) is 0 Å². The molecule has 1 aromatic rings. The average Bonchev–Trinajstić information content (AvgIpc) is 2.87. The second-order valence-electron chi connectivity index (χ2n) is 4.21. The summed E-state index contributed by atoms with van der Waals surface area (Å²) in [5.41, 5.74) is 1.27. The predicted octanol–water partition coefficient (Wildman–Crippen LogP) is 0.717. The Morgan fingerprint density at radius 3 is 3.13 bits per heavy atom. The van der Waals surface area contributed by atoms with E-state index in [9.17, 15) is 0 Å². The van der Waals surface area contributed by atoms with Gasteiger partial charge >= 0.3 is 0 Å². The molecule has 0 aliphatic carbocycles. The number of likely N-dealkylation sites (tertiary alicyclic amines) is 1. The molecule has 1 saturated heterocycles. The zero-order valence-corrected chi connectivity index (χ0v) is 9.26. The number of nitrogens with zero attached hydrogens (tertiary/aromatic N) is 3. The van der Waals surface area contributed by atoms with Gasteiger partial charge in [-0.3, -0.25) is 9.58 Å². The molecule has 1 N–H and O–H groups in total. The van der Waals surface area contributed by atoms with E-state index in [0.717, 1.165) is 32.6 Å². The van der Waals surface area contributed by atoms with Gasteiger partial charge in [-0.2, -0.15) is 5.10 Å². The molecule has 1 unspecified atom stereocenters. The third-order valence-corrected chi connectivity index (χ3v) is 3.12. The maximum absolute atomic E-state index is 9.07. The van der Waals surface area contributed by atoms with E-state index in [-0.39, 0.29) is 0 Å². The van der Waals surface area contributed by atoms with E-state index < -0.39 is 0 Å². The Hall–Kier alpha value is -0.870. The maximum Gasteiger partial charge on any atom is 0.0524 e. The molecule has 0 amide bonds. The van der Waals surface area contributed by atoms with Crippen molar-refractivity contribution < 1.29 is 5.11 Å². The first-order valence-corrected chi connectivity index (χ1v) is 5.67. The van der Waals surface area contributed by atoms with Gasteiger partial charge in [-0.1, -0.05) is 0 Å². The molecule has 1 aliphatic heterocycles. The van der Waals surface area contributed by atoms with Crippen molar-refractivity contribution in [1.29, 1.82) is 0 Å². The summed E-state index contributed by atoms with van der Waals surface area (Å²) in [7, 11) is 0. The zero-order valence-electron chi connectivity index (χ0n) is 9.26. The SMILES string of the molecule is CCn1nccc1CN1CCC(CO)C1. The summed E-state index contributed by atoms with van der Waals surface area (Å²) in [5, 5.41) is 13.3. The molecule has 0 bridgehead atoms. The Bertz CT molecular complexity index is 311. The monoisotopic (exact) mass is 209 g/mol. The van der Waals surface area contributed by atoms with Crippen LogP contribution < -0.4 is 0 Å². The highest BCUT2D eigenvalue weighted by Gasteiger charge is 2.22. The van der Waals surface area contributed by atoms with E-state index in [1.54, 1.807) is 0 Å². The van der Waals surface area contributed by atoms with Gasteiger partial charge in [0.15, 0.2) is 0 Å². The van der Waals surface area contributed by atoms with Gasteiger partial charge < -0.3 is 5.11 Å². The smallest absolute Gasteiger partial charge is 0.0524 e. The van der Waals surface area contributed by atoms with Crippen LogP contribution in [0.4, 0.5) is 0 Å². The Morgan fingerprint density at radius 2 is 2.47 bits per heavy atom. The molecule has 1 fully saturated rings. The zero-order chi connectivity index (χ0) is 10.7. The average molecular weight is 209 g/mol. The van der Waals surface area contributed by atoms with Gasteiger partial charge in [0.2, 0.25) is 0 Å². The highest BCUT2D eigenvalue weighted by atomic mass is 16.3. The van der Waals surface area contributed by atoms with Gasteiger partial charge in [-0.15, -0.1) is 0 Å². The van der Waals surface area contributed by atoms with Crippen molar-refractivity contribution in [3.05, 3.63) is 18.0 Å². The van der Waals surface area contributed by atoms with Crippen LogP contribution in [0.3, 0.4) is 0 Å². The second kappa shape index (κ2) is 4.77. The summed E-state index contributed by atoms with van der Waals surface area (Å²) in [6, 6.07) is 2.08. The van der Waals surface area contributed by atoms with Crippen molar-refractivity contribution in [2.45, 2.75) is 26.4 Å². The first kappa shape index (κ1) is 10.6.